The van der Waals surface area contributed by atoms with Crippen molar-refractivity contribution in [2.24, 2.45) is 0 Å². The fourth-order valence-corrected chi connectivity index (χ4v) is 3.05. The van der Waals surface area contributed by atoms with Gasteiger partial charge in [-0.25, -0.2) is 8.42 Å². The van der Waals surface area contributed by atoms with Crippen LogP contribution in [0.1, 0.15) is 0 Å². The molecule has 0 radical (unpaired) electrons. The number of para-hydroxylation sites is 1. The number of ether oxygens (including phenoxy) is 1. The van der Waals surface area contributed by atoms with E-state index in [0.717, 1.165) is 0 Å². The number of methoxy groups -OCH3 is 1. The molecule has 0 unspecified atom stereocenters. The van der Waals surface area contributed by atoms with Gasteiger partial charge in [-0.15, -0.1) is 0 Å². The van der Waals surface area contributed by atoms with E-state index in [9.17, 15) is 8.42 Å². The quantitative estimate of drug-likeness (QED) is 0.792. The van der Waals surface area contributed by atoms with E-state index in [0.29, 0.717) is 5.75 Å². The molecule has 0 atom stereocenters. The van der Waals surface area contributed by atoms with Crippen molar-refractivity contribution in [3.63, 3.8) is 0 Å². The highest BCUT2D eigenvalue weighted by Crippen LogP contribution is 2.30. The largest absolute Gasteiger partial charge is 0.495 e. The van der Waals surface area contributed by atoms with Crippen molar-refractivity contribution >= 4 is 41.7 Å². The Kier molecular flexibility index (Phi) is 3.97. The highest BCUT2D eigenvalue weighted by atomic mass is 79.9. The third-order valence-electron chi connectivity index (χ3n) is 1.61. The second kappa shape index (κ2) is 4.63. The van der Waals surface area contributed by atoms with E-state index in [1.807, 2.05) is 0 Å². The lowest BCUT2D eigenvalue weighted by molar-refractivity contribution is 0.403. The monoisotopic (exact) mass is 342 g/mol. The number of hydrogen-bond acceptors (Lipinski definition) is 3. The molecule has 3 nitrogen and oxygen atoms in total. The molecule has 0 aliphatic carbocycles. The molecule has 0 heterocycles. The van der Waals surface area contributed by atoms with Crippen molar-refractivity contribution in [3.8, 4) is 5.75 Å². The molecule has 0 spiro atoms. The molecule has 0 aromatic heterocycles. The van der Waals surface area contributed by atoms with Crippen LogP contribution in [0.25, 0.3) is 0 Å². The van der Waals surface area contributed by atoms with Gasteiger partial charge in [0.1, 0.15) is 10.6 Å². The molecule has 0 N–H and O–H groups in total. The van der Waals surface area contributed by atoms with Gasteiger partial charge in [0.05, 0.1) is 7.11 Å². The Bertz CT molecular complexity index is 414. The summed E-state index contributed by atoms with van der Waals surface area (Å²) in [6.07, 6.45) is 0. The number of benzene rings is 1. The predicted molar refractivity (Wildman–Crippen MR) is 61.8 cm³/mol. The first-order chi connectivity index (χ1) is 6.50. The fourth-order valence-electron chi connectivity index (χ4n) is 0.950. The Morgan fingerprint density at radius 3 is 2.36 bits per heavy atom. The zero-order valence-corrected chi connectivity index (χ0v) is 11.3. The molecule has 14 heavy (non-hydrogen) atoms. The van der Waals surface area contributed by atoms with Gasteiger partial charge in [0, 0.05) is 0 Å². The van der Waals surface area contributed by atoms with Gasteiger partial charge >= 0.3 is 0 Å². The van der Waals surface area contributed by atoms with Gasteiger partial charge in [0.15, 0.2) is 3.07 Å². The molecule has 0 aliphatic heterocycles. The van der Waals surface area contributed by atoms with Gasteiger partial charge in [0.2, 0.25) is 9.84 Å². The smallest absolute Gasteiger partial charge is 0.204 e. The maximum Gasteiger partial charge on any atom is 0.204 e. The molecule has 0 saturated carbocycles. The first-order valence-corrected chi connectivity index (χ1v) is 7.03. The Balaban J connectivity index is 3.32. The van der Waals surface area contributed by atoms with Crippen LogP contribution in [0.4, 0.5) is 0 Å². The van der Waals surface area contributed by atoms with Crippen LogP contribution in [0.15, 0.2) is 29.2 Å². The SMILES string of the molecule is COc1ccccc1S(=O)(=O)C(Br)Br. The minimum Gasteiger partial charge on any atom is -0.495 e. The first-order valence-electron chi connectivity index (χ1n) is 3.65. The van der Waals surface area contributed by atoms with Crippen molar-refractivity contribution in [3.05, 3.63) is 24.3 Å². The average molecular weight is 344 g/mol. The number of halogens is 2. The topological polar surface area (TPSA) is 43.4 Å². The molecule has 78 valence electrons. The molecule has 0 amide bonds. The Morgan fingerprint density at radius 1 is 1.29 bits per heavy atom. The molecule has 1 aromatic rings. The van der Waals surface area contributed by atoms with Crippen LogP contribution in [0.3, 0.4) is 0 Å². The van der Waals surface area contributed by atoms with Crippen molar-refractivity contribution in [1.82, 2.24) is 0 Å². The minimum atomic E-state index is -3.41. The molecule has 0 saturated heterocycles. The van der Waals surface area contributed by atoms with Gasteiger partial charge in [-0.1, -0.05) is 44.0 Å². The lowest BCUT2D eigenvalue weighted by Crippen LogP contribution is -2.09. The molecule has 0 fully saturated rings. The summed E-state index contributed by atoms with van der Waals surface area (Å²) >= 11 is 5.94. The van der Waals surface area contributed by atoms with Crippen molar-refractivity contribution < 1.29 is 13.2 Å². The summed E-state index contributed by atoms with van der Waals surface area (Å²) in [6, 6.07) is 6.48. The van der Waals surface area contributed by atoms with E-state index >= 15 is 0 Å². The zero-order chi connectivity index (χ0) is 10.8. The highest BCUT2D eigenvalue weighted by Gasteiger charge is 2.25. The van der Waals surface area contributed by atoms with Crippen LogP contribution < -0.4 is 4.74 Å². The summed E-state index contributed by atoms with van der Waals surface area (Å²) in [6.45, 7) is 0. The second-order valence-electron chi connectivity index (χ2n) is 2.46. The maximum absolute atomic E-state index is 11.7. The molecule has 0 aliphatic rings. The first kappa shape index (κ1) is 12.0. The second-order valence-corrected chi connectivity index (χ2v) is 8.73. The van der Waals surface area contributed by atoms with Crippen LogP contribution in [-0.4, -0.2) is 18.6 Å². The molecule has 1 rings (SSSR count). The number of rotatable bonds is 3. The Hall–Kier alpha value is -0.0700. The van der Waals surface area contributed by atoms with Gasteiger partial charge in [-0.05, 0) is 12.1 Å². The van der Waals surface area contributed by atoms with Crippen molar-refractivity contribution in [2.45, 2.75) is 7.96 Å². The summed E-state index contributed by atoms with van der Waals surface area (Å²) in [5, 5.41) is 0. The number of alkyl halides is 2. The van der Waals surface area contributed by atoms with Crippen molar-refractivity contribution in [1.29, 1.82) is 0 Å². The van der Waals surface area contributed by atoms with Crippen LogP contribution in [0, 0.1) is 0 Å². The van der Waals surface area contributed by atoms with E-state index in [2.05, 4.69) is 31.9 Å². The average Bonchev–Trinajstić information content (AvgIpc) is 2.17. The van der Waals surface area contributed by atoms with E-state index in [1.165, 1.54) is 13.2 Å². The normalized spacial score (nSPS) is 11.7. The van der Waals surface area contributed by atoms with E-state index in [4.69, 9.17) is 4.74 Å². The number of sulfone groups is 1. The van der Waals surface area contributed by atoms with Gasteiger partial charge in [-0.2, -0.15) is 0 Å². The minimum absolute atomic E-state index is 0.168. The highest BCUT2D eigenvalue weighted by molar-refractivity contribution is 9.27. The molecule has 6 heteroatoms. The Morgan fingerprint density at radius 2 is 1.86 bits per heavy atom. The van der Waals surface area contributed by atoms with Crippen LogP contribution in [-0.2, 0) is 9.84 Å². The maximum atomic E-state index is 11.7. The summed E-state index contributed by atoms with van der Waals surface area (Å²) in [5.74, 6) is 0.344. The summed E-state index contributed by atoms with van der Waals surface area (Å²) in [7, 11) is -1.97. The van der Waals surface area contributed by atoms with Gasteiger partial charge in [0.25, 0.3) is 0 Å². The van der Waals surface area contributed by atoms with E-state index in [1.54, 1.807) is 18.2 Å². The Labute approximate surface area is 99.6 Å². The molecule has 0 bridgehead atoms. The summed E-state index contributed by atoms with van der Waals surface area (Å²) in [4.78, 5) is 0.168. The predicted octanol–water partition coefficient (Wildman–Crippen LogP) is 2.54. The van der Waals surface area contributed by atoms with Crippen LogP contribution in [0.2, 0.25) is 0 Å². The van der Waals surface area contributed by atoms with E-state index < -0.39 is 12.9 Å². The fraction of sp³-hybridized carbons (Fsp3) is 0.250. The molecule has 1 aromatic carbocycles. The molecular weight excluding hydrogens is 336 g/mol. The summed E-state index contributed by atoms with van der Waals surface area (Å²) in [5.41, 5.74) is 0. The summed E-state index contributed by atoms with van der Waals surface area (Å²) < 4.78 is 27.6. The third-order valence-corrected chi connectivity index (χ3v) is 5.98. The lowest BCUT2D eigenvalue weighted by Gasteiger charge is -2.09. The molecular formula is C8H8Br2O3S. The number of hydrogen-bond donors (Lipinski definition) is 0. The lowest BCUT2D eigenvalue weighted by atomic mass is 10.3. The van der Waals surface area contributed by atoms with Crippen molar-refractivity contribution in [2.75, 3.05) is 7.11 Å². The van der Waals surface area contributed by atoms with Crippen LogP contribution in [0.5, 0.6) is 5.75 Å². The standard InChI is InChI=1S/C8H8Br2O3S/c1-13-6-4-2-3-5-7(6)14(11,12)8(9)10/h2-5,8H,1H3. The van der Waals surface area contributed by atoms with E-state index in [-0.39, 0.29) is 4.90 Å². The van der Waals surface area contributed by atoms with Gasteiger partial charge < -0.3 is 4.74 Å². The third kappa shape index (κ3) is 2.29. The van der Waals surface area contributed by atoms with Gasteiger partial charge in [-0.3, -0.25) is 0 Å². The zero-order valence-electron chi connectivity index (χ0n) is 7.28. The van der Waals surface area contributed by atoms with Crippen LogP contribution >= 0.6 is 31.9 Å².